The molecule has 0 bridgehead atoms. The summed E-state index contributed by atoms with van der Waals surface area (Å²) < 4.78 is 0. The van der Waals surface area contributed by atoms with Gasteiger partial charge in [-0.3, -0.25) is 4.79 Å². The van der Waals surface area contributed by atoms with Crippen molar-refractivity contribution >= 4 is 17.5 Å². The van der Waals surface area contributed by atoms with Crippen molar-refractivity contribution in [2.45, 2.75) is 83.4 Å². The maximum atomic E-state index is 12.3. The van der Waals surface area contributed by atoms with Gasteiger partial charge in [0.2, 0.25) is 0 Å². The number of hydrogen-bond donors (Lipinski definition) is 1. The second-order valence-corrected chi connectivity index (χ2v) is 9.55. The van der Waals surface area contributed by atoms with E-state index in [2.05, 4.69) is 32.2 Å². The van der Waals surface area contributed by atoms with Crippen LogP contribution in [0, 0.1) is 11.3 Å². The van der Waals surface area contributed by atoms with Crippen molar-refractivity contribution in [1.82, 2.24) is 5.32 Å². The summed E-state index contributed by atoms with van der Waals surface area (Å²) in [5.41, 5.74) is 1.79. The van der Waals surface area contributed by atoms with Crippen LogP contribution in [0.5, 0.6) is 0 Å². The summed E-state index contributed by atoms with van der Waals surface area (Å²) in [6, 6.07) is 0.574. The molecular weight excluding hydrogens is 302 g/mol. The van der Waals surface area contributed by atoms with Crippen LogP contribution in [-0.4, -0.2) is 17.1 Å². The van der Waals surface area contributed by atoms with Gasteiger partial charge >= 0.3 is 0 Å². The summed E-state index contributed by atoms with van der Waals surface area (Å²) in [4.78, 5) is 12.3. The minimum Gasteiger partial charge on any atom is -0.377 e. The molecule has 1 aliphatic heterocycles. The maximum Gasteiger partial charge on any atom is 0.159 e. The fraction of sp³-hybridized carbons (Fsp3) is 0.750. The average Bonchev–Trinajstić information content (AvgIpc) is 2.46. The highest BCUT2D eigenvalue weighted by Gasteiger charge is 2.41. The first-order valence-electron chi connectivity index (χ1n) is 9.30. The van der Waals surface area contributed by atoms with Gasteiger partial charge in [-0.1, -0.05) is 44.8 Å². The molecule has 3 rings (SSSR count). The predicted molar refractivity (Wildman–Crippen MR) is 99.4 cm³/mol. The Balaban J connectivity index is 1.72. The second kappa shape index (κ2) is 7.04. The molecule has 2 atom stereocenters. The van der Waals surface area contributed by atoms with E-state index in [0.29, 0.717) is 34.8 Å². The van der Waals surface area contributed by atoms with Gasteiger partial charge in [-0.2, -0.15) is 0 Å². The summed E-state index contributed by atoms with van der Waals surface area (Å²) in [7, 11) is 0. The predicted octanol–water partition coefficient (Wildman–Crippen LogP) is 5.21. The topological polar surface area (TPSA) is 29.1 Å². The minimum atomic E-state index is 0.296. The van der Waals surface area contributed by atoms with Gasteiger partial charge in [-0.25, -0.2) is 0 Å². The normalized spacial score (nSPS) is 32.2. The Morgan fingerprint density at radius 3 is 2.65 bits per heavy atom. The van der Waals surface area contributed by atoms with Crippen molar-refractivity contribution in [2.75, 3.05) is 0 Å². The Morgan fingerprint density at radius 2 is 1.96 bits per heavy atom. The highest BCUT2D eigenvalue weighted by molar-refractivity contribution is 8.03. The van der Waals surface area contributed by atoms with E-state index < -0.39 is 0 Å². The maximum absolute atomic E-state index is 12.3. The fourth-order valence-corrected chi connectivity index (χ4v) is 6.45. The Morgan fingerprint density at radius 1 is 1.22 bits per heavy atom. The lowest BCUT2D eigenvalue weighted by Gasteiger charge is -2.44. The smallest absolute Gasteiger partial charge is 0.159 e. The highest BCUT2D eigenvalue weighted by atomic mass is 32.2. The van der Waals surface area contributed by atoms with Gasteiger partial charge in [0.05, 0.1) is 5.03 Å². The SMILES string of the molecule is CC1=CCCC(C)(C)C1C1CC(=O)C=C(NC2CCCCC2)S1. The van der Waals surface area contributed by atoms with Crippen LogP contribution in [0.1, 0.15) is 72.1 Å². The van der Waals surface area contributed by atoms with E-state index in [1.54, 1.807) is 0 Å². The van der Waals surface area contributed by atoms with Crippen molar-refractivity contribution in [2.24, 2.45) is 11.3 Å². The minimum absolute atomic E-state index is 0.296. The van der Waals surface area contributed by atoms with Crippen LogP contribution in [0.3, 0.4) is 0 Å². The van der Waals surface area contributed by atoms with Gasteiger partial charge in [-0.15, -0.1) is 11.8 Å². The molecular formula is C20H31NOS. The molecule has 0 aromatic rings. The van der Waals surface area contributed by atoms with E-state index >= 15 is 0 Å². The van der Waals surface area contributed by atoms with E-state index in [4.69, 9.17) is 0 Å². The summed E-state index contributed by atoms with van der Waals surface area (Å²) >= 11 is 1.93. The number of ketones is 1. The van der Waals surface area contributed by atoms with Crippen molar-refractivity contribution in [1.29, 1.82) is 0 Å². The third-order valence-corrected chi connectivity index (χ3v) is 7.11. The van der Waals surface area contributed by atoms with E-state index in [0.717, 1.165) is 5.03 Å². The third-order valence-electron chi connectivity index (χ3n) is 5.88. The summed E-state index contributed by atoms with van der Waals surface area (Å²) in [6.45, 7) is 7.03. The van der Waals surface area contributed by atoms with Gasteiger partial charge in [0, 0.05) is 23.8 Å². The van der Waals surface area contributed by atoms with Crippen molar-refractivity contribution in [3.63, 3.8) is 0 Å². The van der Waals surface area contributed by atoms with Gasteiger partial charge in [0.25, 0.3) is 0 Å². The van der Waals surface area contributed by atoms with E-state index in [9.17, 15) is 4.79 Å². The van der Waals surface area contributed by atoms with Crippen LogP contribution < -0.4 is 5.32 Å². The molecule has 2 nitrogen and oxygen atoms in total. The number of thioether (sulfide) groups is 1. The molecule has 3 aliphatic rings. The lowest BCUT2D eigenvalue weighted by atomic mass is 9.66. The van der Waals surface area contributed by atoms with Crippen molar-refractivity contribution < 1.29 is 4.79 Å². The number of carbonyl (C=O) groups is 1. The monoisotopic (exact) mass is 333 g/mol. The van der Waals surface area contributed by atoms with Crippen LogP contribution in [0.15, 0.2) is 22.8 Å². The zero-order chi connectivity index (χ0) is 16.4. The molecule has 2 unspecified atom stereocenters. The van der Waals surface area contributed by atoms with Gasteiger partial charge in [0.15, 0.2) is 5.78 Å². The lowest BCUT2D eigenvalue weighted by Crippen LogP contribution is -2.39. The highest BCUT2D eigenvalue weighted by Crippen LogP contribution is 2.49. The van der Waals surface area contributed by atoms with Crippen LogP contribution in [0.4, 0.5) is 0 Å². The van der Waals surface area contributed by atoms with Crippen LogP contribution in [0.2, 0.25) is 0 Å². The van der Waals surface area contributed by atoms with Gasteiger partial charge in [0.1, 0.15) is 0 Å². The molecule has 2 aliphatic carbocycles. The first-order chi connectivity index (χ1) is 11.0. The molecule has 0 spiro atoms. The Labute approximate surface area is 145 Å². The summed E-state index contributed by atoms with van der Waals surface area (Å²) in [6.07, 6.45) is 13.9. The molecule has 1 heterocycles. The van der Waals surface area contributed by atoms with Gasteiger partial charge in [-0.05, 0) is 43.9 Å². The number of allylic oxidation sites excluding steroid dienone is 3. The zero-order valence-electron chi connectivity index (χ0n) is 14.9. The first-order valence-corrected chi connectivity index (χ1v) is 10.2. The quantitative estimate of drug-likeness (QED) is 0.719. The molecule has 1 saturated carbocycles. The molecule has 128 valence electrons. The molecule has 0 saturated heterocycles. The van der Waals surface area contributed by atoms with Gasteiger partial charge < -0.3 is 5.32 Å². The van der Waals surface area contributed by atoms with E-state index in [-0.39, 0.29) is 0 Å². The number of hydrogen-bond acceptors (Lipinski definition) is 3. The largest absolute Gasteiger partial charge is 0.377 e. The number of carbonyl (C=O) groups excluding carboxylic acids is 1. The van der Waals surface area contributed by atoms with E-state index in [1.165, 1.54) is 50.5 Å². The Kier molecular flexibility index (Phi) is 5.25. The Bertz CT molecular complexity index is 514. The first kappa shape index (κ1) is 17.1. The van der Waals surface area contributed by atoms with E-state index in [1.807, 2.05) is 17.8 Å². The molecule has 1 N–H and O–H groups in total. The number of nitrogens with one attached hydrogen (secondary N) is 1. The molecule has 23 heavy (non-hydrogen) atoms. The molecule has 3 heteroatoms. The third kappa shape index (κ3) is 4.04. The van der Waals surface area contributed by atoms with Crippen LogP contribution >= 0.6 is 11.8 Å². The van der Waals surface area contributed by atoms with Crippen molar-refractivity contribution in [3.05, 3.63) is 22.8 Å². The standard InChI is InChI=1S/C20H31NOS/c1-14-8-7-11-20(2,3)19(14)17-12-16(22)13-18(23-17)21-15-9-5-4-6-10-15/h8,13,15,17,19,21H,4-7,9-12H2,1-3H3. The molecule has 0 amide bonds. The van der Waals surface area contributed by atoms with Crippen LogP contribution in [0.25, 0.3) is 0 Å². The summed E-state index contributed by atoms with van der Waals surface area (Å²) in [5.74, 6) is 0.822. The zero-order valence-corrected chi connectivity index (χ0v) is 15.7. The molecule has 0 aromatic heterocycles. The lowest BCUT2D eigenvalue weighted by molar-refractivity contribution is -0.115. The van der Waals surface area contributed by atoms with Crippen molar-refractivity contribution in [3.8, 4) is 0 Å². The molecule has 0 aromatic carbocycles. The Hall–Kier alpha value is -0.700. The molecule has 0 radical (unpaired) electrons. The fourth-order valence-electron chi connectivity index (χ4n) is 4.72. The van der Waals surface area contributed by atoms with Crippen LogP contribution in [-0.2, 0) is 4.79 Å². The second-order valence-electron chi connectivity index (χ2n) is 8.27. The number of rotatable bonds is 3. The molecule has 1 fully saturated rings. The summed E-state index contributed by atoms with van der Waals surface area (Å²) in [5, 5.41) is 5.21. The average molecular weight is 334 g/mol.